The van der Waals surface area contributed by atoms with Gasteiger partial charge in [0.25, 0.3) is 0 Å². The van der Waals surface area contributed by atoms with Gasteiger partial charge in [-0.1, -0.05) is 17.7 Å². The molecule has 1 unspecified atom stereocenters. The molecule has 0 saturated carbocycles. The molecule has 3 heterocycles. The number of benzene rings is 1. The molecule has 3 aromatic rings. The fourth-order valence-corrected chi connectivity index (χ4v) is 3.35. The van der Waals surface area contributed by atoms with E-state index >= 15 is 0 Å². The van der Waals surface area contributed by atoms with Crippen molar-refractivity contribution in [1.82, 2.24) is 19.2 Å². The SMILES string of the molecule is Cc1ccc(-n2nc3c(c2-n2cccc2)CN(C(=O)C(C)Cl)C3)cc1. The van der Waals surface area contributed by atoms with Gasteiger partial charge >= 0.3 is 0 Å². The number of fused-ring (bicyclic) bond motifs is 1. The molecule has 0 spiro atoms. The van der Waals surface area contributed by atoms with Gasteiger partial charge in [-0.2, -0.15) is 5.10 Å². The van der Waals surface area contributed by atoms with Crippen LogP contribution in [0.3, 0.4) is 0 Å². The number of halogens is 1. The first kappa shape index (κ1) is 16.0. The van der Waals surface area contributed by atoms with Crippen molar-refractivity contribution in [2.45, 2.75) is 32.3 Å². The minimum absolute atomic E-state index is 0.0555. The van der Waals surface area contributed by atoms with Crippen LogP contribution in [-0.2, 0) is 17.9 Å². The monoisotopic (exact) mass is 354 g/mol. The van der Waals surface area contributed by atoms with Crippen LogP contribution in [0.15, 0.2) is 48.8 Å². The second-order valence-electron chi connectivity index (χ2n) is 6.40. The molecular formula is C19H19ClN4O. The lowest BCUT2D eigenvalue weighted by Gasteiger charge is -2.18. The highest BCUT2D eigenvalue weighted by Crippen LogP contribution is 2.31. The first-order valence-electron chi connectivity index (χ1n) is 8.28. The molecule has 128 valence electrons. The Morgan fingerprint density at radius 2 is 1.84 bits per heavy atom. The summed E-state index contributed by atoms with van der Waals surface area (Å²) in [6.07, 6.45) is 3.99. The lowest BCUT2D eigenvalue weighted by Crippen LogP contribution is -2.31. The molecule has 1 atom stereocenters. The fraction of sp³-hybridized carbons (Fsp3) is 0.263. The standard InChI is InChI=1S/C19H19ClN4O/c1-13-5-7-15(8-6-13)24-18(22-9-3-4-10-22)16-11-23(12-17(16)21-24)19(25)14(2)20/h3-10,14H,11-12H2,1-2H3. The molecule has 1 aromatic carbocycles. The van der Waals surface area contributed by atoms with Gasteiger partial charge in [-0.3, -0.25) is 4.79 Å². The predicted octanol–water partition coefficient (Wildman–Crippen LogP) is 3.44. The number of alkyl halides is 1. The van der Waals surface area contributed by atoms with Crippen LogP contribution < -0.4 is 0 Å². The number of aromatic nitrogens is 3. The van der Waals surface area contributed by atoms with E-state index in [4.69, 9.17) is 16.7 Å². The molecule has 0 N–H and O–H groups in total. The van der Waals surface area contributed by atoms with Crippen molar-refractivity contribution in [3.8, 4) is 11.5 Å². The number of hydrogen-bond donors (Lipinski definition) is 0. The first-order valence-corrected chi connectivity index (χ1v) is 8.72. The summed E-state index contributed by atoms with van der Waals surface area (Å²) in [6, 6.07) is 12.2. The summed E-state index contributed by atoms with van der Waals surface area (Å²) in [6.45, 7) is 4.80. The van der Waals surface area contributed by atoms with Gasteiger partial charge in [-0.25, -0.2) is 4.68 Å². The van der Waals surface area contributed by atoms with Crippen molar-refractivity contribution in [2.75, 3.05) is 0 Å². The maximum Gasteiger partial charge on any atom is 0.240 e. The smallest absolute Gasteiger partial charge is 0.240 e. The molecule has 0 radical (unpaired) electrons. The Hall–Kier alpha value is -2.53. The Morgan fingerprint density at radius 1 is 1.16 bits per heavy atom. The van der Waals surface area contributed by atoms with Crippen molar-refractivity contribution in [1.29, 1.82) is 0 Å². The van der Waals surface area contributed by atoms with Crippen molar-refractivity contribution in [3.63, 3.8) is 0 Å². The number of hydrogen-bond acceptors (Lipinski definition) is 2. The second kappa shape index (κ2) is 6.08. The number of carbonyl (C=O) groups excluding carboxylic acids is 1. The van der Waals surface area contributed by atoms with Gasteiger partial charge in [0.15, 0.2) is 0 Å². The van der Waals surface area contributed by atoms with Gasteiger partial charge in [-0.15, -0.1) is 11.6 Å². The normalized spacial score (nSPS) is 14.6. The minimum atomic E-state index is -0.525. The van der Waals surface area contributed by atoms with Crippen molar-refractivity contribution in [2.24, 2.45) is 0 Å². The van der Waals surface area contributed by atoms with Crippen molar-refractivity contribution in [3.05, 3.63) is 65.6 Å². The zero-order valence-corrected chi connectivity index (χ0v) is 14.9. The van der Waals surface area contributed by atoms with E-state index in [0.29, 0.717) is 13.1 Å². The molecule has 1 aliphatic rings. The van der Waals surface area contributed by atoms with Gasteiger partial charge in [-0.05, 0) is 38.1 Å². The fourth-order valence-electron chi connectivity index (χ4n) is 3.22. The number of nitrogens with zero attached hydrogens (tertiary/aromatic N) is 4. The number of rotatable bonds is 3. The summed E-state index contributed by atoms with van der Waals surface area (Å²) in [7, 11) is 0. The topological polar surface area (TPSA) is 43.1 Å². The molecular weight excluding hydrogens is 336 g/mol. The third-order valence-corrected chi connectivity index (χ3v) is 4.70. The number of amides is 1. The van der Waals surface area contributed by atoms with Gasteiger partial charge in [0.1, 0.15) is 11.2 Å². The van der Waals surface area contributed by atoms with Crippen molar-refractivity contribution < 1.29 is 4.79 Å². The zero-order chi connectivity index (χ0) is 17.6. The van der Waals surface area contributed by atoms with E-state index in [1.165, 1.54) is 5.56 Å². The highest BCUT2D eigenvalue weighted by atomic mass is 35.5. The molecule has 1 amide bonds. The molecule has 0 saturated heterocycles. The molecule has 4 rings (SSSR count). The number of aryl methyl sites for hydroxylation is 1. The summed E-state index contributed by atoms with van der Waals surface area (Å²) in [4.78, 5) is 14.0. The van der Waals surface area contributed by atoms with Crippen LogP contribution in [0.5, 0.6) is 0 Å². The van der Waals surface area contributed by atoms with Gasteiger partial charge < -0.3 is 9.47 Å². The Kier molecular flexibility index (Phi) is 3.88. The maximum atomic E-state index is 12.3. The quantitative estimate of drug-likeness (QED) is 0.676. The van der Waals surface area contributed by atoms with Crippen LogP contribution in [0.1, 0.15) is 23.7 Å². The van der Waals surface area contributed by atoms with E-state index in [1.807, 2.05) is 33.8 Å². The third kappa shape index (κ3) is 2.74. The Labute approximate surface area is 151 Å². The highest BCUT2D eigenvalue weighted by molar-refractivity contribution is 6.30. The average Bonchev–Trinajstić information content (AvgIpc) is 3.29. The molecule has 2 aromatic heterocycles. The maximum absolute atomic E-state index is 12.3. The predicted molar refractivity (Wildman–Crippen MR) is 97.2 cm³/mol. The molecule has 1 aliphatic heterocycles. The summed E-state index contributed by atoms with van der Waals surface area (Å²) < 4.78 is 4.00. The van der Waals surface area contributed by atoms with E-state index in [-0.39, 0.29) is 5.91 Å². The van der Waals surface area contributed by atoms with Crippen LogP contribution >= 0.6 is 11.6 Å². The molecule has 5 nitrogen and oxygen atoms in total. The van der Waals surface area contributed by atoms with E-state index in [0.717, 1.165) is 22.8 Å². The van der Waals surface area contributed by atoms with Crippen LogP contribution in [0.4, 0.5) is 0 Å². The Balaban J connectivity index is 1.80. The van der Waals surface area contributed by atoms with E-state index in [2.05, 4.69) is 31.2 Å². The van der Waals surface area contributed by atoms with Crippen LogP contribution in [-0.4, -0.2) is 30.5 Å². The summed E-state index contributed by atoms with van der Waals surface area (Å²) in [5, 5.41) is 4.27. The summed E-state index contributed by atoms with van der Waals surface area (Å²) in [5.74, 6) is 0.918. The lowest BCUT2D eigenvalue weighted by molar-refractivity contribution is -0.131. The molecule has 25 heavy (non-hydrogen) atoms. The first-order chi connectivity index (χ1) is 12.0. The molecule has 0 aliphatic carbocycles. The summed E-state index contributed by atoms with van der Waals surface area (Å²) >= 11 is 5.98. The zero-order valence-electron chi connectivity index (χ0n) is 14.2. The largest absolute Gasteiger partial charge is 0.331 e. The number of carbonyl (C=O) groups is 1. The highest BCUT2D eigenvalue weighted by Gasteiger charge is 2.32. The Bertz CT molecular complexity index is 910. The van der Waals surface area contributed by atoms with Crippen molar-refractivity contribution >= 4 is 17.5 Å². The van der Waals surface area contributed by atoms with Crippen LogP contribution in [0.25, 0.3) is 11.5 Å². The molecule has 0 fully saturated rings. The minimum Gasteiger partial charge on any atom is -0.331 e. The Morgan fingerprint density at radius 3 is 2.48 bits per heavy atom. The van der Waals surface area contributed by atoms with Gasteiger partial charge in [0, 0.05) is 18.0 Å². The van der Waals surface area contributed by atoms with E-state index in [9.17, 15) is 4.79 Å². The van der Waals surface area contributed by atoms with Gasteiger partial charge in [0.05, 0.1) is 24.5 Å². The molecule has 0 bridgehead atoms. The van der Waals surface area contributed by atoms with E-state index < -0.39 is 5.38 Å². The van der Waals surface area contributed by atoms with E-state index in [1.54, 1.807) is 11.8 Å². The van der Waals surface area contributed by atoms with Gasteiger partial charge in [0.2, 0.25) is 5.91 Å². The lowest BCUT2D eigenvalue weighted by atomic mass is 10.2. The van der Waals surface area contributed by atoms with Crippen LogP contribution in [0, 0.1) is 6.92 Å². The third-order valence-electron chi connectivity index (χ3n) is 4.51. The average molecular weight is 355 g/mol. The summed E-state index contributed by atoms with van der Waals surface area (Å²) in [5.41, 5.74) is 4.21. The second-order valence-corrected chi connectivity index (χ2v) is 7.05. The molecule has 6 heteroatoms. The van der Waals surface area contributed by atoms with Crippen LogP contribution in [0.2, 0.25) is 0 Å².